The summed E-state index contributed by atoms with van der Waals surface area (Å²) in [5.74, 6) is 2.55. The van der Waals surface area contributed by atoms with Crippen LogP contribution >= 0.6 is 10.7 Å². The highest BCUT2D eigenvalue weighted by molar-refractivity contribution is 8.17. The average Bonchev–Trinajstić information content (AvgIpc) is 3.13. The number of hydrogen-bond donors (Lipinski definition) is 1. The maximum absolute atomic E-state index is 13.2. The molecule has 132 valence electrons. The van der Waals surface area contributed by atoms with Gasteiger partial charge in [-0.25, -0.2) is 0 Å². The number of amides is 1. The van der Waals surface area contributed by atoms with Crippen molar-refractivity contribution in [2.75, 3.05) is 20.3 Å². The Morgan fingerprint density at radius 3 is 2.75 bits per heavy atom. The van der Waals surface area contributed by atoms with Crippen molar-refractivity contribution in [3.63, 3.8) is 0 Å². The van der Waals surface area contributed by atoms with Gasteiger partial charge in [-0.15, -0.1) is 0 Å². The molecule has 5 rings (SSSR count). The second-order valence-electron chi connectivity index (χ2n) is 8.08. The fraction of sp³-hybridized carbons (Fsp3) is 0.684. The van der Waals surface area contributed by atoms with Crippen molar-refractivity contribution < 1.29 is 9.53 Å². The zero-order valence-electron chi connectivity index (χ0n) is 14.7. The smallest absolute Gasteiger partial charge is 0.236 e. The molecule has 0 radical (unpaired) electrons. The van der Waals surface area contributed by atoms with Crippen LogP contribution in [0.15, 0.2) is 23.3 Å². The molecule has 1 aliphatic heterocycles. The number of nitrogens with one attached hydrogen (secondary N) is 1. The second kappa shape index (κ2) is 6.03. The van der Waals surface area contributed by atoms with Crippen LogP contribution in [0.2, 0.25) is 0 Å². The molecule has 4 fully saturated rings. The zero-order chi connectivity index (χ0) is 16.9. The van der Waals surface area contributed by atoms with E-state index in [-0.39, 0.29) is 16.1 Å². The van der Waals surface area contributed by atoms with Crippen LogP contribution in [0.1, 0.15) is 39.0 Å². The normalized spacial score (nSPS) is 39.1. The highest BCUT2D eigenvalue weighted by Crippen LogP contribution is 2.65. The van der Waals surface area contributed by atoms with Crippen LogP contribution in [-0.2, 0) is 9.53 Å². The van der Waals surface area contributed by atoms with Crippen LogP contribution in [0, 0.1) is 23.2 Å². The van der Waals surface area contributed by atoms with Crippen LogP contribution in [-0.4, -0.2) is 36.6 Å². The molecule has 0 aromatic heterocycles. The first kappa shape index (κ1) is 16.4. The van der Waals surface area contributed by atoms with E-state index in [1.165, 1.54) is 19.3 Å². The molecule has 24 heavy (non-hydrogen) atoms. The Morgan fingerprint density at radius 2 is 2.12 bits per heavy atom. The number of carbonyl (C=O) groups excluding carboxylic acids is 1. The first-order chi connectivity index (χ1) is 11.5. The molecule has 4 bridgehead atoms. The summed E-state index contributed by atoms with van der Waals surface area (Å²) in [4.78, 5) is 16.5. The number of ether oxygens (including phenoxy) is 1. The van der Waals surface area contributed by atoms with E-state index in [9.17, 15) is 4.79 Å². The molecule has 4 nitrogen and oxygen atoms in total. The number of hydrogen-bond acceptors (Lipinski definition) is 3. The Morgan fingerprint density at radius 1 is 1.42 bits per heavy atom. The van der Waals surface area contributed by atoms with Gasteiger partial charge < -0.3 is 14.4 Å². The predicted octanol–water partition coefficient (Wildman–Crippen LogP) is 3.25. The highest BCUT2D eigenvalue weighted by Gasteiger charge is 2.61. The Bertz CT molecular complexity index is 625. The van der Waals surface area contributed by atoms with E-state index >= 15 is 0 Å². The molecule has 1 heterocycles. The summed E-state index contributed by atoms with van der Waals surface area (Å²) < 4.78 is 8.56. The molecule has 4 saturated carbocycles. The molecule has 0 spiro atoms. The Hall–Kier alpha value is -1.07. The van der Waals surface area contributed by atoms with Gasteiger partial charge in [-0.05, 0) is 73.0 Å². The van der Waals surface area contributed by atoms with Crippen LogP contribution in [0.5, 0.6) is 0 Å². The van der Waals surface area contributed by atoms with E-state index in [1.54, 1.807) is 7.11 Å². The summed E-state index contributed by atoms with van der Waals surface area (Å²) in [6.45, 7) is 7.61. The van der Waals surface area contributed by atoms with Crippen LogP contribution < -0.4 is 4.72 Å². The van der Waals surface area contributed by atoms with E-state index in [4.69, 9.17) is 4.74 Å². The minimum absolute atomic E-state index is 0.0610. The third-order valence-electron chi connectivity index (χ3n) is 6.38. The van der Waals surface area contributed by atoms with Gasteiger partial charge >= 0.3 is 0 Å². The van der Waals surface area contributed by atoms with Crippen LogP contribution in [0.3, 0.4) is 0 Å². The number of carbonyl (C=O) groups is 1. The van der Waals surface area contributed by atoms with Gasteiger partial charge in [0, 0.05) is 24.8 Å². The van der Waals surface area contributed by atoms with E-state index < -0.39 is 0 Å². The lowest BCUT2D eigenvalue weighted by atomic mass is 9.75. The van der Waals surface area contributed by atoms with Gasteiger partial charge in [0.25, 0.3) is 0 Å². The fourth-order valence-corrected chi connectivity index (χ4v) is 7.23. The summed E-state index contributed by atoms with van der Waals surface area (Å²) in [5, 5.41) is 0. The van der Waals surface area contributed by atoms with Gasteiger partial charge in [0.1, 0.15) is 0 Å². The highest BCUT2D eigenvalue weighted by atomic mass is 32.2. The first-order valence-electron chi connectivity index (χ1n) is 9.03. The van der Waals surface area contributed by atoms with Crippen molar-refractivity contribution in [2.24, 2.45) is 23.2 Å². The van der Waals surface area contributed by atoms with Crippen molar-refractivity contribution in [3.8, 4) is 0 Å². The minimum atomic E-state index is -0.359. The van der Waals surface area contributed by atoms with E-state index in [0.717, 1.165) is 41.7 Å². The van der Waals surface area contributed by atoms with Gasteiger partial charge in [-0.3, -0.25) is 4.79 Å². The van der Waals surface area contributed by atoms with Gasteiger partial charge in [0.2, 0.25) is 5.91 Å². The van der Waals surface area contributed by atoms with Crippen molar-refractivity contribution in [1.29, 1.82) is 0 Å². The molecular weight excluding hydrogens is 320 g/mol. The summed E-state index contributed by atoms with van der Waals surface area (Å²) in [5.41, 5.74) is 3.11. The molecule has 0 aromatic rings. The number of methoxy groups -OCH3 is 1. The van der Waals surface area contributed by atoms with Crippen LogP contribution in [0.25, 0.3) is 0 Å². The molecule has 5 aliphatic rings. The standard InChI is InChI=1S/C19H28N2O2S/c1-13(2)17-11-21(4-5-23-3)12-24(17)20-18(22)19-9-14-6-15(10-19)8-16(19)7-14/h11-12,14-16H,1,4-10H2,2-3H3,(H,20,22). The largest absolute Gasteiger partial charge is 0.383 e. The molecule has 3 atom stereocenters. The van der Waals surface area contributed by atoms with E-state index in [2.05, 4.69) is 27.9 Å². The second-order valence-corrected chi connectivity index (χ2v) is 9.61. The quantitative estimate of drug-likeness (QED) is 0.749. The van der Waals surface area contributed by atoms with Crippen molar-refractivity contribution in [2.45, 2.75) is 39.0 Å². The summed E-state index contributed by atoms with van der Waals surface area (Å²) in [6, 6.07) is 0. The Kier molecular flexibility index (Phi) is 4.12. The molecule has 0 saturated heterocycles. The molecule has 4 aliphatic carbocycles. The first-order valence-corrected chi connectivity index (χ1v) is 10.3. The molecule has 5 heteroatoms. The van der Waals surface area contributed by atoms with E-state index in [1.807, 2.05) is 6.92 Å². The lowest BCUT2D eigenvalue weighted by Crippen LogP contribution is -2.40. The van der Waals surface area contributed by atoms with Gasteiger partial charge in [0.05, 0.1) is 17.5 Å². The minimum Gasteiger partial charge on any atom is -0.383 e. The van der Waals surface area contributed by atoms with Crippen molar-refractivity contribution in [3.05, 3.63) is 23.3 Å². The third kappa shape index (κ3) is 2.57. The average molecular weight is 349 g/mol. The van der Waals surface area contributed by atoms with Gasteiger partial charge in [0.15, 0.2) is 0 Å². The molecule has 1 N–H and O–H groups in total. The van der Waals surface area contributed by atoms with Gasteiger partial charge in [-0.1, -0.05) is 6.58 Å². The summed E-state index contributed by atoms with van der Waals surface area (Å²) in [6.07, 6.45) is 8.29. The van der Waals surface area contributed by atoms with E-state index in [0.29, 0.717) is 18.4 Å². The Balaban J connectivity index is 1.51. The maximum atomic E-state index is 13.2. The molecular formula is C19H28N2O2S. The monoisotopic (exact) mass is 348 g/mol. The van der Waals surface area contributed by atoms with Gasteiger partial charge in [-0.2, -0.15) is 0 Å². The number of nitrogens with zero attached hydrogens (tertiary/aromatic N) is 1. The number of rotatable bonds is 6. The molecule has 3 unspecified atom stereocenters. The van der Waals surface area contributed by atoms with Crippen molar-refractivity contribution >= 4 is 22.1 Å². The molecule has 1 amide bonds. The zero-order valence-corrected chi connectivity index (χ0v) is 15.5. The summed E-state index contributed by atoms with van der Waals surface area (Å²) in [7, 11) is 1.36. The predicted molar refractivity (Wildman–Crippen MR) is 99.3 cm³/mol. The third-order valence-corrected chi connectivity index (χ3v) is 8.19. The molecule has 0 aromatic carbocycles. The lowest BCUT2D eigenvalue weighted by molar-refractivity contribution is -0.130. The number of allylic oxidation sites excluding steroid dienone is 1. The van der Waals surface area contributed by atoms with Crippen LogP contribution in [0.4, 0.5) is 0 Å². The summed E-state index contributed by atoms with van der Waals surface area (Å²) >= 11 is 0. The lowest BCUT2D eigenvalue weighted by Gasteiger charge is -2.32. The fourth-order valence-electron chi connectivity index (χ4n) is 5.49. The Labute approximate surface area is 147 Å². The topological polar surface area (TPSA) is 41.6 Å². The van der Waals surface area contributed by atoms with Crippen molar-refractivity contribution in [1.82, 2.24) is 9.62 Å². The maximum Gasteiger partial charge on any atom is 0.236 e. The SMILES string of the molecule is C=C(C)C1=CN(CCOC)C=S1NC(=O)C12CC3CC(CC1C3)C2.